The summed E-state index contributed by atoms with van der Waals surface area (Å²) in [6, 6.07) is 54.5. The highest BCUT2D eigenvalue weighted by Crippen LogP contribution is 2.72. The Hall–Kier alpha value is -5.67. The molecule has 2 bridgehead atoms. The number of nitrogens with zero attached hydrogens (tertiary/aromatic N) is 3. The van der Waals surface area contributed by atoms with Crippen LogP contribution in [0.2, 0.25) is 0 Å². The lowest BCUT2D eigenvalue weighted by Gasteiger charge is -2.38. The molecule has 0 amide bonds. The summed E-state index contributed by atoms with van der Waals surface area (Å²) in [5.74, 6) is 3.98. The molecule has 0 aliphatic heterocycles. The summed E-state index contributed by atoms with van der Waals surface area (Å²) in [5, 5.41) is 0. The molecule has 1 aromatic heterocycles. The maximum atomic E-state index is 5.16. The molecular weight excluding hydrogens is 619 g/mol. The van der Waals surface area contributed by atoms with Crippen LogP contribution in [0, 0.1) is 11.3 Å². The van der Waals surface area contributed by atoms with Gasteiger partial charge in [0, 0.05) is 16.7 Å². The molecule has 4 unspecified atom stereocenters. The Kier molecular flexibility index (Phi) is 7.09. The highest BCUT2D eigenvalue weighted by molar-refractivity contribution is 5.87. The summed E-state index contributed by atoms with van der Waals surface area (Å²) in [4.78, 5) is 15.3. The zero-order valence-electron chi connectivity index (χ0n) is 28.8. The van der Waals surface area contributed by atoms with E-state index in [0.717, 1.165) is 28.2 Å². The molecule has 1 spiro atoms. The monoisotopic (exact) mass is 657 g/mol. The van der Waals surface area contributed by atoms with Crippen LogP contribution < -0.4 is 0 Å². The van der Waals surface area contributed by atoms with E-state index in [0.29, 0.717) is 34.7 Å². The summed E-state index contributed by atoms with van der Waals surface area (Å²) < 4.78 is 0. The van der Waals surface area contributed by atoms with Crippen LogP contribution in [-0.2, 0) is 0 Å². The van der Waals surface area contributed by atoms with Crippen molar-refractivity contribution in [1.29, 1.82) is 0 Å². The van der Waals surface area contributed by atoms with E-state index in [1.165, 1.54) is 64.6 Å². The molecule has 3 nitrogen and oxygen atoms in total. The van der Waals surface area contributed by atoms with Crippen LogP contribution in [0.4, 0.5) is 0 Å². The van der Waals surface area contributed by atoms with Gasteiger partial charge in [0.2, 0.25) is 0 Å². The average Bonchev–Trinajstić information content (AvgIpc) is 3.87. The minimum absolute atomic E-state index is 0.393. The van der Waals surface area contributed by atoms with Crippen molar-refractivity contribution in [3.8, 4) is 67.5 Å². The molecule has 246 valence electrons. The molecule has 3 aliphatic rings. The molecule has 7 aromatic rings. The lowest BCUT2D eigenvalue weighted by atomic mass is 9.66. The van der Waals surface area contributed by atoms with Gasteiger partial charge in [0.1, 0.15) is 0 Å². The summed E-state index contributed by atoms with van der Waals surface area (Å²) in [7, 11) is 0. The number of benzene rings is 6. The third kappa shape index (κ3) is 5.31. The van der Waals surface area contributed by atoms with Crippen LogP contribution in [0.25, 0.3) is 67.5 Å². The average molecular weight is 658 g/mol. The number of hydrogen-bond donors (Lipinski definition) is 0. The highest BCUT2D eigenvalue weighted by atomic mass is 15.0. The number of rotatable bonds is 5. The van der Waals surface area contributed by atoms with E-state index in [2.05, 4.69) is 122 Å². The first-order valence-electron chi connectivity index (χ1n) is 18.4. The first-order chi connectivity index (χ1) is 25.1. The van der Waals surface area contributed by atoms with Crippen molar-refractivity contribution in [2.45, 2.75) is 44.4 Å². The summed E-state index contributed by atoms with van der Waals surface area (Å²) in [6.07, 6.45) is 5.21. The van der Waals surface area contributed by atoms with Gasteiger partial charge < -0.3 is 0 Å². The molecule has 0 N–H and O–H groups in total. The number of aromatic nitrogens is 3. The number of fused-ring (bicyclic) bond motifs is 6. The Balaban J connectivity index is 1.21. The molecule has 2 saturated carbocycles. The zero-order chi connectivity index (χ0) is 33.9. The van der Waals surface area contributed by atoms with Crippen LogP contribution in [0.1, 0.15) is 55.6 Å². The Labute approximate surface area is 300 Å². The molecule has 0 radical (unpaired) electrons. The van der Waals surface area contributed by atoms with E-state index in [1.54, 1.807) is 0 Å². The van der Waals surface area contributed by atoms with Crippen molar-refractivity contribution >= 4 is 0 Å². The molecule has 1 heterocycles. The fourth-order valence-corrected chi connectivity index (χ4v) is 9.54. The normalized spacial score (nSPS) is 21.4. The SMILES string of the molecule is CC1CC2CC3(C1)CC3c1c(-c3cc(-c4ccccc4)cc(-c4nc(-c5ccccc5)nc(-c5ccccc5)n4)c3)cccc1-c1ccccc12. The van der Waals surface area contributed by atoms with Crippen LogP contribution in [0.15, 0.2) is 152 Å². The molecular formula is C48H39N3. The van der Waals surface area contributed by atoms with Gasteiger partial charge in [0.15, 0.2) is 17.5 Å². The van der Waals surface area contributed by atoms with Crippen molar-refractivity contribution in [2.24, 2.45) is 11.3 Å². The van der Waals surface area contributed by atoms with Gasteiger partial charge in [0.25, 0.3) is 0 Å². The summed E-state index contributed by atoms with van der Waals surface area (Å²) in [5.41, 5.74) is 14.1. The lowest BCUT2D eigenvalue weighted by molar-refractivity contribution is 0.226. The first kappa shape index (κ1) is 30.2. The maximum Gasteiger partial charge on any atom is 0.164 e. The Morgan fingerprint density at radius 2 is 0.980 bits per heavy atom. The minimum atomic E-state index is 0.393. The van der Waals surface area contributed by atoms with Gasteiger partial charge >= 0.3 is 0 Å². The zero-order valence-corrected chi connectivity index (χ0v) is 28.8. The maximum absolute atomic E-state index is 5.16. The van der Waals surface area contributed by atoms with Gasteiger partial charge in [-0.25, -0.2) is 15.0 Å². The molecule has 2 fully saturated rings. The Morgan fingerprint density at radius 3 is 1.67 bits per heavy atom. The van der Waals surface area contributed by atoms with E-state index in [1.807, 2.05) is 36.4 Å². The fourth-order valence-electron chi connectivity index (χ4n) is 9.54. The van der Waals surface area contributed by atoms with Crippen molar-refractivity contribution in [3.63, 3.8) is 0 Å². The molecule has 6 aromatic carbocycles. The van der Waals surface area contributed by atoms with E-state index in [-0.39, 0.29) is 0 Å². The topological polar surface area (TPSA) is 38.7 Å². The quantitative estimate of drug-likeness (QED) is 0.185. The van der Waals surface area contributed by atoms with Gasteiger partial charge in [-0.15, -0.1) is 0 Å². The largest absolute Gasteiger partial charge is 0.208 e. The highest BCUT2D eigenvalue weighted by Gasteiger charge is 2.59. The molecule has 51 heavy (non-hydrogen) atoms. The molecule has 3 heteroatoms. The van der Waals surface area contributed by atoms with Crippen LogP contribution in [0.5, 0.6) is 0 Å². The summed E-state index contributed by atoms with van der Waals surface area (Å²) in [6.45, 7) is 2.48. The van der Waals surface area contributed by atoms with Crippen molar-refractivity contribution in [2.75, 3.05) is 0 Å². The van der Waals surface area contributed by atoms with Crippen molar-refractivity contribution in [3.05, 3.63) is 163 Å². The Morgan fingerprint density at radius 1 is 0.451 bits per heavy atom. The smallest absolute Gasteiger partial charge is 0.164 e. The van der Waals surface area contributed by atoms with Crippen LogP contribution >= 0.6 is 0 Å². The van der Waals surface area contributed by atoms with E-state index < -0.39 is 0 Å². The predicted molar refractivity (Wildman–Crippen MR) is 208 cm³/mol. The van der Waals surface area contributed by atoms with Crippen molar-refractivity contribution in [1.82, 2.24) is 15.0 Å². The second-order valence-corrected chi connectivity index (χ2v) is 15.1. The second-order valence-electron chi connectivity index (χ2n) is 15.1. The molecule has 4 atom stereocenters. The van der Waals surface area contributed by atoms with E-state index in [9.17, 15) is 0 Å². The van der Waals surface area contributed by atoms with Gasteiger partial charge in [0.05, 0.1) is 0 Å². The van der Waals surface area contributed by atoms with Gasteiger partial charge in [-0.3, -0.25) is 0 Å². The minimum Gasteiger partial charge on any atom is -0.208 e. The molecule has 10 rings (SSSR count). The predicted octanol–water partition coefficient (Wildman–Crippen LogP) is 12.3. The second kappa shape index (κ2) is 12.0. The van der Waals surface area contributed by atoms with Crippen LogP contribution in [-0.4, -0.2) is 15.0 Å². The lowest BCUT2D eigenvalue weighted by Crippen LogP contribution is -2.24. The first-order valence-corrected chi connectivity index (χ1v) is 18.4. The van der Waals surface area contributed by atoms with Gasteiger partial charge in [-0.1, -0.05) is 140 Å². The Bertz CT molecular complexity index is 2340. The standard InChI is InChI=1S/C48H39N3/c1-31-24-38-29-48(28-31)30-43(48)44-40(22-13-23-42(44)41-21-12-11-20-39(38)41)36-25-35(32-14-5-2-6-15-32)26-37(27-36)47-50-45(33-16-7-3-8-17-33)49-46(51-47)34-18-9-4-10-19-34/h2-23,25-27,31,38,43H,24,28-30H2,1H3. The fraction of sp³-hybridized carbons (Fsp3) is 0.188. The van der Waals surface area contributed by atoms with Gasteiger partial charge in [-0.2, -0.15) is 0 Å². The molecule has 0 saturated heterocycles. The third-order valence-corrected chi connectivity index (χ3v) is 11.7. The number of hydrogen-bond acceptors (Lipinski definition) is 3. The van der Waals surface area contributed by atoms with Crippen LogP contribution in [0.3, 0.4) is 0 Å². The van der Waals surface area contributed by atoms with E-state index >= 15 is 0 Å². The summed E-state index contributed by atoms with van der Waals surface area (Å²) >= 11 is 0. The third-order valence-electron chi connectivity index (χ3n) is 11.7. The molecule has 3 aliphatic carbocycles. The van der Waals surface area contributed by atoms with E-state index in [4.69, 9.17) is 15.0 Å². The van der Waals surface area contributed by atoms with Crippen molar-refractivity contribution < 1.29 is 0 Å². The van der Waals surface area contributed by atoms with Gasteiger partial charge in [-0.05, 0) is 112 Å².